The van der Waals surface area contributed by atoms with Gasteiger partial charge in [0.2, 0.25) is 0 Å². The van der Waals surface area contributed by atoms with Gasteiger partial charge in [0, 0.05) is 0 Å². The van der Waals surface area contributed by atoms with Gasteiger partial charge in [0.1, 0.15) is 6.61 Å². The smallest absolute Gasteiger partial charge is 0.331 e. The van der Waals surface area contributed by atoms with Crippen molar-refractivity contribution in [2.75, 3.05) is 7.11 Å². The lowest BCUT2D eigenvalue weighted by atomic mass is 10.2. The summed E-state index contributed by atoms with van der Waals surface area (Å²) in [5, 5.41) is 29.5. The first-order valence-corrected chi connectivity index (χ1v) is 6.48. The minimum Gasteiger partial charge on any atom is -0.493 e. The minimum absolute atomic E-state index is 0.0656. The van der Waals surface area contributed by atoms with Gasteiger partial charge in [-0.3, -0.25) is 0 Å². The number of benzene rings is 1. The van der Waals surface area contributed by atoms with Gasteiger partial charge in [0.25, 0.3) is 0 Å². The molecule has 2 atom stereocenters. The molecule has 0 saturated heterocycles. The molecule has 1 aromatic heterocycles. The van der Waals surface area contributed by atoms with Gasteiger partial charge in [-0.1, -0.05) is 12.1 Å². The van der Waals surface area contributed by atoms with Crippen LogP contribution in [0, 0.1) is 0 Å². The number of hydrogen-bond acceptors (Lipinski definition) is 7. The highest BCUT2D eigenvalue weighted by Gasteiger charge is 2.29. The van der Waals surface area contributed by atoms with Gasteiger partial charge in [0.15, 0.2) is 23.4 Å². The fourth-order valence-corrected chi connectivity index (χ4v) is 1.92. The zero-order valence-electron chi connectivity index (χ0n) is 12.1. The molecule has 2 unspecified atom stereocenters. The number of hydrogen-bond donors (Lipinski definition) is 2. The standard InChI is InChI=1S/C13H16N4O5/c1-8(18)12(13(19)20)17-11(14-15-16-17)7-22-10-6-4-3-5-9(10)21-2/h3-6,8,12,18H,7H2,1-2H3,(H,19,20). The number of para-hydroxylation sites is 2. The third-order valence-corrected chi connectivity index (χ3v) is 2.96. The molecular formula is C13H16N4O5. The predicted molar refractivity (Wildman–Crippen MR) is 73.5 cm³/mol. The molecule has 1 heterocycles. The van der Waals surface area contributed by atoms with E-state index in [2.05, 4.69) is 15.5 Å². The first kappa shape index (κ1) is 15.7. The number of carbonyl (C=O) groups is 1. The Labute approximate surface area is 126 Å². The number of aromatic nitrogens is 4. The number of ether oxygens (including phenoxy) is 2. The summed E-state index contributed by atoms with van der Waals surface area (Å²) < 4.78 is 11.7. The fourth-order valence-electron chi connectivity index (χ4n) is 1.92. The van der Waals surface area contributed by atoms with Crippen LogP contribution in [0.4, 0.5) is 0 Å². The average Bonchev–Trinajstić information content (AvgIpc) is 2.92. The van der Waals surface area contributed by atoms with Crippen molar-refractivity contribution in [3.63, 3.8) is 0 Å². The van der Waals surface area contributed by atoms with Gasteiger partial charge in [-0.15, -0.1) is 5.10 Å². The van der Waals surface area contributed by atoms with Crippen molar-refractivity contribution < 1.29 is 24.5 Å². The first-order valence-electron chi connectivity index (χ1n) is 6.48. The van der Waals surface area contributed by atoms with Crippen molar-refractivity contribution in [3.05, 3.63) is 30.1 Å². The summed E-state index contributed by atoms with van der Waals surface area (Å²) in [4.78, 5) is 11.2. The third kappa shape index (κ3) is 3.31. The van der Waals surface area contributed by atoms with Gasteiger partial charge in [-0.25, -0.2) is 9.48 Å². The van der Waals surface area contributed by atoms with Crippen LogP contribution in [0.2, 0.25) is 0 Å². The highest BCUT2D eigenvalue weighted by Crippen LogP contribution is 2.26. The fraction of sp³-hybridized carbons (Fsp3) is 0.385. The average molecular weight is 308 g/mol. The minimum atomic E-state index is -1.29. The number of carboxylic acid groups (broad SMARTS) is 1. The van der Waals surface area contributed by atoms with Crippen LogP contribution in [0.15, 0.2) is 24.3 Å². The van der Waals surface area contributed by atoms with Crippen molar-refractivity contribution >= 4 is 5.97 Å². The Hall–Kier alpha value is -2.68. The van der Waals surface area contributed by atoms with E-state index >= 15 is 0 Å². The predicted octanol–water partition coefficient (Wildman–Crippen LogP) is 0.267. The molecule has 9 heteroatoms. The van der Waals surface area contributed by atoms with Crippen LogP contribution in [-0.2, 0) is 11.4 Å². The van der Waals surface area contributed by atoms with Gasteiger partial charge in [-0.05, 0) is 29.5 Å². The molecule has 0 amide bonds. The second-order valence-corrected chi connectivity index (χ2v) is 4.50. The second kappa shape index (κ2) is 6.85. The van der Waals surface area contributed by atoms with Crippen LogP contribution in [-0.4, -0.2) is 49.6 Å². The molecule has 0 aliphatic heterocycles. The Morgan fingerprint density at radius 3 is 2.64 bits per heavy atom. The van der Waals surface area contributed by atoms with E-state index in [1.54, 1.807) is 24.3 Å². The van der Waals surface area contributed by atoms with E-state index in [-0.39, 0.29) is 12.4 Å². The first-order chi connectivity index (χ1) is 10.5. The van der Waals surface area contributed by atoms with Gasteiger partial charge in [-0.2, -0.15) is 0 Å². The van der Waals surface area contributed by atoms with E-state index in [1.807, 2.05) is 0 Å². The molecule has 0 fully saturated rings. The normalized spacial score (nSPS) is 13.4. The quantitative estimate of drug-likeness (QED) is 0.747. The Kier molecular flexibility index (Phi) is 4.89. The Morgan fingerprint density at radius 2 is 2.05 bits per heavy atom. The maximum absolute atomic E-state index is 11.2. The maximum atomic E-state index is 11.2. The Bertz CT molecular complexity index is 643. The van der Waals surface area contributed by atoms with E-state index < -0.39 is 18.1 Å². The zero-order chi connectivity index (χ0) is 16.1. The Morgan fingerprint density at radius 1 is 1.36 bits per heavy atom. The van der Waals surface area contributed by atoms with E-state index in [4.69, 9.17) is 9.47 Å². The van der Waals surface area contributed by atoms with E-state index in [0.717, 1.165) is 4.68 Å². The number of rotatable bonds is 7. The van der Waals surface area contributed by atoms with Crippen molar-refractivity contribution in [2.24, 2.45) is 0 Å². The summed E-state index contributed by atoms with van der Waals surface area (Å²) in [5.41, 5.74) is 0. The second-order valence-electron chi connectivity index (χ2n) is 4.50. The van der Waals surface area contributed by atoms with E-state index in [0.29, 0.717) is 11.5 Å². The number of aliphatic hydroxyl groups is 1. The van der Waals surface area contributed by atoms with Crippen LogP contribution in [0.1, 0.15) is 18.8 Å². The summed E-state index contributed by atoms with van der Waals surface area (Å²) in [6.45, 7) is 1.29. The topological polar surface area (TPSA) is 120 Å². The van der Waals surface area contributed by atoms with Crippen LogP contribution >= 0.6 is 0 Å². The maximum Gasteiger partial charge on any atom is 0.331 e. The number of aliphatic hydroxyl groups excluding tert-OH is 1. The molecule has 22 heavy (non-hydrogen) atoms. The molecule has 0 bridgehead atoms. The van der Waals surface area contributed by atoms with E-state index in [9.17, 15) is 15.0 Å². The number of nitrogens with zero attached hydrogens (tertiary/aromatic N) is 4. The zero-order valence-corrected chi connectivity index (χ0v) is 12.1. The molecule has 2 rings (SSSR count). The van der Waals surface area contributed by atoms with Gasteiger partial charge in [0.05, 0.1) is 13.2 Å². The lowest BCUT2D eigenvalue weighted by Gasteiger charge is -2.17. The number of aliphatic carboxylic acids is 1. The lowest BCUT2D eigenvalue weighted by molar-refractivity contribution is -0.144. The van der Waals surface area contributed by atoms with Crippen LogP contribution in [0.25, 0.3) is 0 Å². The van der Waals surface area contributed by atoms with Crippen LogP contribution in [0.5, 0.6) is 11.5 Å². The summed E-state index contributed by atoms with van der Waals surface area (Å²) >= 11 is 0. The summed E-state index contributed by atoms with van der Waals surface area (Å²) in [6, 6.07) is 5.72. The molecule has 0 spiro atoms. The Balaban J connectivity index is 2.18. The van der Waals surface area contributed by atoms with Crippen LogP contribution in [0.3, 0.4) is 0 Å². The van der Waals surface area contributed by atoms with Crippen molar-refractivity contribution in [1.29, 1.82) is 0 Å². The lowest BCUT2D eigenvalue weighted by Crippen LogP contribution is -2.31. The molecule has 118 valence electrons. The molecule has 9 nitrogen and oxygen atoms in total. The largest absolute Gasteiger partial charge is 0.493 e. The summed E-state index contributed by atoms with van der Waals surface area (Å²) in [7, 11) is 1.51. The molecular weight excluding hydrogens is 292 g/mol. The summed E-state index contributed by atoms with van der Waals surface area (Å²) in [5.74, 6) is -0.0460. The SMILES string of the molecule is COc1ccccc1OCc1nnnn1C(C(=O)O)C(C)O. The van der Waals surface area contributed by atoms with Crippen molar-refractivity contribution in [1.82, 2.24) is 20.2 Å². The number of carboxylic acids is 1. The molecule has 0 saturated carbocycles. The van der Waals surface area contributed by atoms with Crippen molar-refractivity contribution in [2.45, 2.75) is 25.7 Å². The summed E-state index contributed by atoms with van der Waals surface area (Å²) in [6.07, 6.45) is -1.16. The molecule has 2 aromatic rings. The molecule has 1 aromatic carbocycles. The third-order valence-electron chi connectivity index (χ3n) is 2.96. The molecule has 0 aliphatic rings. The highest BCUT2D eigenvalue weighted by molar-refractivity contribution is 5.72. The molecule has 0 radical (unpaired) electrons. The van der Waals surface area contributed by atoms with Crippen molar-refractivity contribution in [3.8, 4) is 11.5 Å². The van der Waals surface area contributed by atoms with Gasteiger partial charge < -0.3 is 19.7 Å². The number of tetrazole rings is 1. The molecule has 0 aliphatic carbocycles. The van der Waals surface area contributed by atoms with E-state index in [1.165, 1.54) is 14.0 Å². The van der Waals surface area contributed by atoms with Gasteiger partial charge >= 0.3 is 5.97 Å². The number of methoxy groups -OCH3 is 1. The molecule has 2 N–H and O–H groups in total. The monoisotopic (exact) mass is 308 g/mol. The highest BCUT2D eigenvalue weighted by atomic mass is 16.5. The van der Waals surface area contributed by atoms with Crippen LogP contribution < -0.4 is 9.47 Å².